The summed E-state index contributed by atoms with van der Waals surface area (Å²) in [6, 6.07) is 28.8. The standard InChI is InChI=1S/C27H28NOP/c1-2-3-4-10-17-25(23-22-24-15-8-5-9-16-24)28-30(29,26-18-11-6-12-19-26)27-20-13-7-14-21-27/h5-21,25H,2-4H2,1H3,(H,28,29)/b17-10+. The lowest BCUT2D eigenvalue weighted by Gasteiger charge is -2.23. The molecule has 2 nitrogen and oxygen atoms in total. The molecule has 1 unspecified atom stereocenters. The summed E-state index contributed by atoms with van der Waals surface area (Å²) in [7, 11) is -3.06. The Labute approximate surface area is 180 Å². The molecule has 0 saturated carbocycles. The van der Waals surface area contributed by atoms with Crippen molar-refractivity contribution in [2.75, 3.05) is 0 Å². The second-order valence-corrected chi connectivity index (χ2v) is 9.60. The summed E-state index contributed by atoms with van der Waals surface area (Å²) in [5, 5.41) is 4.97. The van der Waals surface area contributed by atoms with Crippen LogP contribution in [0.25, 0.3) is 0 Å². The third-order valence-electron chi connectivity index (χ3n) is 4.76. The average Bonchev–Trinajstić information content (AvgIpc) is 2.82. The normalized spacial score (nSPS) is 12.3. The van der Waals surface area contributed by atoms with E-state index in [1.165, 1.54) is 0 Å². The molecule has 0 aliphatic heterocycles. The van der Waals surface area contributed by atoms with Crippen molar-refractivity contribution in [1.29, 1.82) is 0 Å². The Balaban J connectivity index is 1.97. The minimum Gasteiger partial charge on any atom is -0.296 e. The van der Waals surface area contributed by atoms with Crippen LogP contribution in [0.4, 0.5) is 0 Å². The maximum absolute atomic E-state index is 14.3. The maximum atomic E-state index is 14.3. The summed E-state index contributed by atoms with van der Waals surface area (Å²) < 4.78 is 14.3. The van der Waals surface area contributed by atoms with Gasteiger partial charge in [0.15, 0.2) is 0 Å². The van der Waals surface area contributed by atoms with Crippen LogP contribution in [0.2, 0.25) is 0 Å². The van der Waals surface area contributed by atoms with Gasteiger partial charge in [0.25, 0.3) is 0 Å². The van der Waals surface area contributed by atoms with Crippen molar-refractivity contribution >= 4 is 17.9 Å². The number of nitrogens with one attached hydrogen (secondary N) is 1. The van der Waals surface area contributed by atoms with Crippen LogP contribution in [0.5, 0.6) is 0 Å². The topological polar surface area (TPSA) is 29.1 Å². The highest BCUT2D eigenvalue weighted by Gasteiger charge is 2.28. The zero-order valence-electron chi connectivity index (χ0n) is 17.4. The SMILES string of the molecule is CCCC/C=C/C(C#Cc1ccccc1)NP(=O)(c1ccccc1)c1ccccc1. The van der Waals surface area contributed by atoms with E-state index in [2.05, 4.69) is 29.9 Å². The van der Waals surface area contributed by atoms with E-state index in [4.69, 9.17) is 0 Å². The maximum Gasteiger partial charge on any atom is 0.205 e. The summed E-state index contributed by atoms with van der Waals surface area (Å²) in [6.45, 7) is 2.18. The van der Waals surface area contributed by atoms with E-state index < -0.39 is 7.29 Å². The molecule has 1 N–H and O–H groups in total. The van der Waals surface area contributed by atoms with E-state index in [-0.39, 0.29) is 6.04 Å². The zero-order valence-corrected chi connectivity index (χ0v) is 18.3. The zero-order chi connectivity index (χ0) is 21.1. The predicted octanol–water partition coefficient (Wildman–Crippen LogP) is 5.67. The highest BCUT2D eigenvalue weighted by molar-refractivity contribution is 7.77. The average molecular weight is 414 g/mol. The van der Waals surface area contributed by atoms with Gasteiger partial charge in [0.05, 0.1) is 6.04 Å². The molecule has 0 spiro atoms. The molecular weight excluding hydrogens is 385 g/mol. The Hall–Kier alpha value is -2.85. The molecule has 0 fully saturated rings. The van der Waals surface area contributed by atoms with Crippen LogP contribution >= 0.6 is 7.29 Å². The van der Waals surface area contributed by atoms with Gasteiger partial charge >= 0.3 is 0 Å². The summed E-state index contributed by atoms with van der Waals surface area (Å²) in [4.78, 5) is 0. The Morgan fingerprint density at radius 1 is 0.867 bits per heavy atom. The monoisotopic (exact) mass is 413 g/mol. The van der Waals surface area contributed by atoms with Gasteiger partial charge in [0.1, 0.15) is 0 Å². The minimum atomic E-state index is -3.06. The van der Waals surface area contributed by atoms with Crippen molar-refractivity contribution in [3.05, 3.63) is 109 Å². The van der Waals surface area contributed by atoms with Gasteiger partial charge in [-0.05, 0) is 42.8 Å². The number of unbranched alkanes of at least 4 members (excludes halogenated alkanes) is 2. The van der Waals surface area contributed by atoms with Gasteiger partial charge in [-0.3, -0.25) is 4.57 Å². The van der Waals surface area contributed by atoms with Crippen LogP contribution in [-0.2, 0) is 4.57 Å². The molecule has 3 rings (SSSR count). The van der Waals surface area contributed by atoms with Crippen molar-refractivity contribution < 1.29 is 4.57 Å². The van der Waals surface area contributed by atoms with Gasteiger partial charge in [0, 0.05) is 16.2 Å². The van der Waals surface area contributed by atoms with Gasteiger partial charge in [-0.25, -0.2) is 5.09 Å². The smallest absolute Gasteiger partial charge is 0.205 e. The first-order chi connectivity index (χ1) is 14.7. The van der Waals surface area contributed by atoms with E-state index >= 15 is 0 Å². The van der Waals surface area contributed by atoms with Crippen LogP contribution < -0.4 is 15.7 Å². The minimum absolute atomic E-state index is 0.326. The molecule has 0 aliphatic rings. The lowest BCUT2D eigenvalue weighted by molar-refractivity contribution is 0.577. The van der Waals surface area contributed by atoms with Crippen LogP contribution in [0, 0.1) is 11.8 Å². The first-order valence-corrected chi connectivity index (χ1v) is 12.2. The second-order valence-electron chi connectivity index (χ2n) is 7.09. The molecule has 0 amide bonds. The molecule has 0 aliphatic carbocycles. The van der Waals surface area contributed by atoms with Crippen molar-refractivity contribution in [3.63, 3.8) is 0 Å². The number of allylic oxidation sites excluding steroid dienone is 1. The fraction of sp³-hybridized carbons (Fsp3) is 0.185. The number of hydrogen-bond donors (Lipinski definition) is 1. The van der Waals surface area contributed by atoms with Crippen molar-refractivity contribution in [3.8, 4) is 11.8 Å². The highest BCUT2D eigenvalue weighted by Crippen LogP contribution is 2.39. The molecule has 1 atom stereocenters. The molecule has 0 radical (unpaired) electrons. The quantitative estimate of drug-likeness (QED) is 0.223. The summed E-state index contributed by atoms with van der Waals surface area (Å²) in [5.74, 6) is 6.51. The van der Waals surface area contributed by atoms with Gasteiger partial charge in [-0.2, -0.15) is 0 Å². The number of benzene rings is 3. The molecule has 3 aromatic rings. The van der Waals surface area contributed by atoms with Crippen LogP contribution in [-0.4, -0.2) is 6.04 Å². The highest BCUT2D eigenvalue weighted by atomic mass is 31.2. The van der Waals surface area contributed by atoms with Gasteiger partial charge in [0.2, 0.25) is 7.29 Å². The van der Waals surface area contributed by atoms with E-state index in [1.807, 2.05) is 97.1 Å². The fourth-order valence-electron chi connectivity index (χ4n) is 3.13. The number of hydrogen-bond acceptors (Lipinski definition) is 1. The molecule has 0 heterocycles. The Bertz CT molecular complexity index is 990. The molecular formula is C27H28NOP. The van der Waals surface area contributed by atoms with E-state index in [0.717, 1.165) is 35.4 Å². The van der Waals surface area contributed by atoms with Gasteiger partial charge in [-0.1, -0.05) is 98.4 Å². The Morgan fingerprint density at radius 2 is 1.40 bits per heavy atom. The first-order valence-electron chi connectivity index (χ1n) is 10.4. The molecule has 3 aromatic carbocycles. The molecule has 152 valence electrons. The predicted molar refractivity (Wildman–Crippen MR) is 129 cm³/mol. The van der Waals surface area contributed by atoms with E-state index in [9.17, 15) is 4.57 Å². The van der Waals surface area contributed by atoms with E-state index in [1.54, 1.807) is 0 Å². The van der Waals surface area contributed by atoms with Crippen LogP contribution in [0.1, 0.15) is 31.7 Å². The van der Waals surface area contributed by atoms with Crippen molar-refractivity contribution in [2.24, 2.45) is 0 Å². The molecule has 0 saturated heterocycles. The molecule has 30 heavy (non-hydrogen) atoms. The second kappa shape index (κ2) is 11.4. The fourth-order valence-corrected chi connectivity index (χ4v) is 5.45. The molecule has 0 aromatic heterocycles. The van der Waals surface area contributed by atoms with Crippen molar-refractivity contribution in [1.82, 2.24) is 5.09 Å². The largest absolute Gasteiger partial charge is 0.296 e. The Morgan fingerprint density at radius 3 is 1.93 bits per heavy atom. The molecule has 0 bridgehead atoms. The third kappa shape index (κ3) is 6.07. The Kier molecular flexibility index (Phi) is 8.28. The van der Waals surface area contributed by atoms with Crippen molar-refractivity contribution in [2.45, 2.75) is 32.2 Å². The number of rotatable bonds is 8. The van der Waals surface area contributed by atoms with Gasteiger partial charge < -0.3 is 0 Å². The lowest BCUT2D eigenvalue weighted by atomic mass is 10.2. The third-order valence-corrected chi connectivity index (χ3v) is 7.45. The lowest BCUT2D eigenvalue weighted by Crippen LogP contribution is -2.33. The first kappa shape index (κ1) is 21.8. The van der Waals surface area contributed by atoms with Crippen LogP contribution in [0.3, 0.4) is 0 Å². The summed E-state index contributed by atoms with van der Waals surface area (Å²) >= 11 is 0. The summed E-state index contributed by atoms with van der Waals surface area (Å²) in [5.41, 5.74) is 0.945. The van der Waals surface area contributed by atoms with Gasteiger partial charge in [-0.15, -0.1) is 0 Å². The van der Waals surface area contributed by atoms with Crippen LogP contribution in [0.15, 0.2) is 103 Å². The summed E-state index contributed by atoms with van der Waals surface area (Å²) in [6.07, 6.45) is 7.45. The van der Waals surface area contributed by atoms with E-state index in [0.29, 0.717) is 0 Å². The molecule has 3 heteroatoms.